The van der Waals surface area contributed by atoms with Crippen LogP contribution in [0.1, 0.15) is 316 Å². The van der Waals surface area contributed by atoms with Crippen molar-refractivity contribution in [2.75, 3.05) is 13.2 Å². The summed E-state index contributed by atoms with van der Waals surface area (Å²) in [7, 11) is 0. The molecule has 1 rings (SSSR count). The van der Waals surface area contributed by atoms with E-state index >= 15 is 0 Å². The number of nitrogens with one attached hydrogen (secondary N) is 1. The molecular weight excluding hydrogens is 979 g/mol. The first kappa shape index (κ1) is 74.3. The Morgan fingerprint density at radius 1 is 0.436 bits per heavy atom. The standard InChI is InChI=1S/C67H127NO10/c1-3-5-7-9-11-13-15-17-19-21-23-25-26-27-28-29-30-31-32-33-34-35-37-39-41-43-45-47-49-51-53-55-60(71)66(76)68-58(57-77-67-65(75)64(74)63(73)61(56-69)78-67)62(72)59(70)54-52-50-48-46-44-42-40-38-36-24-22-20-18-16-14-12-10-8-6-4-2/h27-28,38,40,46,48,58-65,67,69-75H,3-26,29-37,39,41-45,47,49-57H2,1-2H3,(H,68,76)/b28-27-,40-38+,48-46+. The third-order valence-corrected chi connectivity index (χ3v) is 16.1. The fourth-order valence-electron chi connectivity index (χ4n) is 10.8. The molecule has 9 unspecified atom stereocenters. The zero-order valence-corrected chi connectivity index (χ0v) is 50.7. The number of aliphatic hydroxyl groups is 7. The van der Waals surface area contributed by atoms with Crippen molar-refractivity contribution in [3.8, 4) is 0 Å². The number of hydrogen-bond acceptors (Lipinski definition) is 10. The van der Waals surface area contributed by atoms with E-state index in [0.717, 1.165) is 38.5 Å². The van der Waals surface area contributed by atoms with E-state index in [1.165, 1.54) is 231 Å². The fourth-order valence-corrected chi connectivity index (χ4v) is 10.8. The Bertz CT molecular complexity index is 1360. The van der Waals surface area contributed by atoms with Gasteiger partial charge in [0.15, 0.2) is 6.29 Å². The van der Waals surface area contributed by atoms with Crippen LogP contribution in [0.15, 0.2) is 36.5 Å². The van der Waals surface area contributed by atoms with Crippen LogP contribution in [-0.4, -0.2) is 110 Å². The van der Waals surface area contributed by atoms with Crippen molar-refractivity contribution in [2.45, 2.75) is 371 Å². The molecule has 1 aliphatic rings. The van der Waals surface area contributed by atoms with Gasteiger partial charge in [-0.2, -0.15) is 0 Å². The molecule has 0 radical (unpaired) electrons. The molecule has 0 aromatic carbocycles. The van der Waals surface area contributed by atoms with Crippen molar-refractivity contribution < 1.29 is 50.0 Å². The SMILES string of the molecule is CCCCCCCCCCCCC/C=C/CC/C=C/CCCC(O)C(O)C(COC1OC(CO)C(O)C(O)C1O)NC(=O)C(O)CCCCCCCCCCCCCCCCC/C=C\CCCCCCCCCCCCCC. The third kappa shape index (κ3) is 43.1. The molecule has 1 saturated heterocycles. The number of aliphatic hydroxyl groups excluding tert-OH is 7. The van der Waals surface area contributed by atoms with Crippen LogP contribution in [0.25, 0.3) is 0 Å². The molecule has 0 saturated carbocycles. The Balaban J connectivity index is 2.23. The van der Waals surface area contributed by atoms with Gasteiger partial charge >= 0.3 is 0 Å². The summed E-state index contributed by atoms with van der Waals surface area (Å²) in [5.41, 5.74) is 0. The number of hydrogen-bond donors (Lipinski definition) is 8. The van der Waals surface area contributed by atoms with Crippen molar-refractivity contribution in [1.29, 1.82) is 0 Å². The van der Waals surface area contributed by atoms with Gasteiger partial charge in [0.05, 0.1) is 25.4 Å². The van der Waals surface area contributed by atoms with Gasteiger partial charge in [-0.05, 0) is 77.0 Å². The number of carbonyl (C=O) groups is 1. The highest BCUT2D eigenvalue weighted by Crippen LogP contribution is 2.24. The van der Waals surface area contributed by atoms with Gasteiger partial charge < -0.3 is 50.5 Å². The number of rotatable bonds is 58. The second-order valence-corrected chi connectivity index (χ2v) is 23.5. The van der Waals surface area contributed by atoms with E-state index in [9.17, 15) is 40.5 Å². The zero-order valence-electron chi connectivity index (χ0n) is 50.7. The number of carbonyl (C=O) groups excluding carboxylic acids is 1. The molecule has 9 atom stereocenters. The summed E-state index contributed by atoms with van der Waals surface area (Å²) in [6, 6.07) is -1.19. The predicted molar refractivity (Wildman–Crippen MR) is 325 cm³/mol. The first-order valence-electron chi connectivity index (χ1n) is 33.4. The first-order chi connectivity index (χ1) is 38.2. The van der Waals surface area contributed by atoms with Crippen LogP contribution in [0.2, 0.25) is 0 Å². The molecule has 8 N–H and O–H groups in total. The largest absolute Gasteiger partial charge is 0.394 e. The molecule has 0 spiro atoms. The average Bonchev–Trinajstić information content (AvgIpc) is 3.46. The van der Waals surface area contributed by atoms with E-state index in [2.05, 4.69) is 55.6 Å². The topological polar surface area (TPSA) is 189 Å². The van der Waals surface area contributed by atoms with Crippen LogP contribution in [0.3, 0.4) is 0 Å². The summed E-state index contributed by atoms with van der Waals surface area (Å²) in [5, 5.41) is 76.3. The van der Waals surface area contributed by atoms with Crippen LogP contribution in [0.5, 0.6) is 0 Å². The smallest absolute Gasteiger partial charge is 0.249 e. The van der Waals surface area contributed by atoms with Gasteiger partial charge in [0.2, 0.25) is 5.91 Å². The van der Waals surface area contributed by atoms with Crippen molar-refractivity contribution >= 4 is 5.91 Å². The summed E-state index contributed by atoms with van der Waals surface area (Å²) in [4.78, 5) is 13.2. The van der Waals surface area contributed by atoms with Crippen LogP contribution < -0.4 is 5.32 Å². The highest BCUT2D eigenvalue weighted by Gasteiger charge is 2.44. The van der Waals surface area contributed by atoms with Crippen molar-refractivity contribution in [3.63, 3.8) is 0 Å². The van der Waals surface area contributed by atoms with Gasteiger partial charge in [0.1, 0.15) is 36.6 Å². The van der Waals surface area contributed by atoms with Gasteiger partial charge in [0.25, 0.3) is 0 Å². The molecule has 0 aliphatic carbocycles. The van der Waals surface area contributed by atoms with Crippen LogP contribution >= 0.6 is 0 Å². The first-order valence-corrected chi connectivity index (χ1v) is 33.4. The lowest BCUT2D eigenvalue weighted by Gasteiger charge is -2.40. The summed E-state index contributed by atoms with van der Waals surface area (Å²) in [6.07, 6.45) is 59.4. The quantitative estimate of drug-likeness (QED) is 0.0215. The van der Waals surface area contributed by atoms with Gasteiger partial charge in [0, 0.05) is 0 Å². The lowest BCUT2D eigenvalue weighted by Crippen LogP contribution is -2.60. The molecular formula is C67H127NO10. The molecule has 1 amide bonds. The van der Waals surface area contributed by atoms with E-state index in [1.807, 2.05) is 0 Å². The monoisotopic (exact) mass is 1110 g/mol. The normalized spacial score (nSPS) is 19.6. The molecule has 1 aliphatic heterocycles. The second-order valence-electron chi connectivity index (χ2n) is 23.5. The van der Waals surface area contributed by atoms with Crippen LogP contribution in [0.4, 0.5) is 0 Å². The Hall–Kier alpha value is -1.67. The molecule has 1 fully saturated rings. The van der Waals surface area contributed by atoms with E-state index in [-0.39, 0.29) is 12.8 Å². The van der Waals surface area contributed by atoms with E-state index in [4.69, 9.17) is 9.47 Å². The predicted octanol–water partition coefficient (Wildman–Crippen LogP) is 15.4. The van der Waals surface area contributed by atoms with Crippen LogP contribution in [0, 0.1) is 0 Å². The minimum Gasteiger partial charge on any atom is -0.394 e. The van der Waals surface area contributed by atoms with Gasteiger partial charge in [-0.1, -0.05) is 275 Å². The molecule has 78 heavy (non-hydrogen) atoms. The Morgan fingerprint density at radius 2 is 0.769 bits per heavy atom. The summed E-state index contributed by atoms with van der Waals surface area (Å²) in [5.74, 6) is -0.706. The molecule has 1 heterocycles. The summed E-state index contributed by atoms with van der Waals surface area (Å²) >= 11 is 0. The van der Waals surface area contributed by atoms with Crippen molar-refractivity contribution in [1.82, 2.24) is 5.32 Å². The molecule has 0 aromatic rings. The van der Waals surface area contributed by atoms with Crippen molar-refractivity contribution in [2.24, 2.45) is 0 Å². The fraction of sp³-hybridized carbons (Fsp3) is 0.896. The average molecular weight is 1110 g/mol. The number of ether oxygens (including phenoxy) is 2. The lowest BCUT2D eigenvalue weighted by atomic mass is 9.98. The third-order valence-electron chi connectivity index (χ3n) is 16.1. The van der Waals surface area contributed by atoms with Gasteiger partial charge in [-0.15, -0.1) is 0 Å². The number of unbranched alkanes of at least 4 members (excludes halogenated alkanes) is 40. The lowest BCUT2D eigenvalue weighted by molar-refractivity contribution is -0.303. The van der Waals surface area contributed by atoms with Crippen molar-refractivity contribution in [3.05, 3.63) is 36.5 Å². The maximum absolute atomic E-state index is 13.2. The molecule has 11 heteroatoms. The number of amides is 1. The van der Waals surface area contributed by atoms with Gasteiger partial charge in [-0.25, -0.2) is 0 Å². The Kier molecular flexibility index (Phi) is 53.2. The van der Waals surface area contributed by atoms with Gasteiger partial charge in [-0.3, -0.25) is 4.79 Å². The Labute approximate surface area is 479 Å². The molecule has 0 bridgehead atoms. The van der Waals surface area contributed by atoms with E-state index in [1.54, 1.807) is 0 Å². The maximum atomic E-state index is 13.2. The summed E-state index contributed by atoms with van der Waals surface area (Å²) < 4.78 is 11.2. The maximum Gasteiger partial charge on any atom is 0.249 e. The highest BCUT2D eigenvalue weighted by atomic mass is 16.7. The zero-order chi connectivity index (χ0) is 56.8. The molecule has 0 aromatic heterocycles. The Morgan fingerprint density at radius 3 is 1.14 bits per heavy atom. The van der Waals surface area contributed by atoms with Crippen LogP contribution in [-0.2, 0) is 14.3 Å². The van der Waals surface area contributed by atoms with E-state index in [0.29, 0.717) is 19.3 Å². The molecule has 460 valence electrons. The molecule has 11 nitrogen and oxygen atoms in total. The summed E-state index contributed by atoms with van der Waals surface area (Å²) in [6.45, 7) is 3.48. The minimum absolute atomic E-state index is 0.247. The number of allylic oxidation sites excluding steroid dienone is 6. The minimum atomic E-state index is -1.67. The highest BCUT2D eigenvalue weighted by molar-refractivity contribution is 5.80. The van der Waals surface area contributed by atoms with E-state index < -0.39 is 74.2 Å². The second kappa shape index (κ2) is 55.8.